The maximum Gasteiger partial charge on any atom is 0.226 e. The normalized spacial score (nSPS) is 10.2. The summed E-state index contributed by atoms with van der Waals surface area (Å²) in [6.45, 7) is 3.14. The summed E-state index contributed by atoms with van der Waals surface area (Å²) in [7, 11) is 1.63. The van der Waals surface area contributed by atoms with E-state index >= 15 is 0 Å². The topological polar surface area (TPSA) is 58.6 Å². The standard InChI is InChI=1S/C15H21BrN2O3/c1-12(19)18(8-4-10-21-2)9-7-15(20)17-14-6-3-5-13(16)11-14/h3,5-6,11H,4,7-10H2,1-2H3,(H,17,20). The van der Waals surface area contributed by atoms with Crippen LogP contribution in [0.3, 0.4) is 0 Å². The molecule has 0 aliphatic carbocycles. The number of halogens is 1. The summed E-state index contributed by atoms with van der Waals surface area (Å²) in [5.41, 5.74) is 0.739. The van der Waals surface area contributed by atoms with Crippen molar-refractivity contribution in [2.45, 2.75) is 19.8 Å². The number of rotatable bonds is 8. The van der Waals surface area contributed by atoms with Gasteiger partial charge < -0.3 is 15.0 Å². The van der Waals surface area contributed by atoms with E-state index in [0.717, 1.165) is 16.6 Å². The number of nitrogens with one attached hydrogen (secondary N) is 1. The van der Waals surface area contributed by atoms with Gasteiger partial charge in [0.25, 0.3) is 0 Å². The molecule has 0 fully saturated rings. The van der Waals surface area contributed by atoms with Crippen LogP contribution in [-0.2, 0) is 14.3 Å². The van der Waals surface area contributed by atoms with Gasteiger partial charge in [0.15, 0.2) is 0 Å². The van der Waals surface area contributed by atoms with Crippen molar-refractivity contribution in [2.24, 2.45) is 0 Å². The molecule has 0 unspecified atom stereocenters. The monoisotopic (exact) mass is 356 g/mol. The zero-order chi connectivity index (χ0) is 15.7. The lowest BCUT2D eigenvalue weighted by molar-refractivity contribution is -0.129. The van der Waals surface area contributed by atoms with Crippen molar-refractivity contribution in [3.05, 3.63) is 28.7 Å². The van der Waals surface area contributed by atoms with Crippen molar-refractivity contribution in [1.29, 1.82) is 0 Å². The number of ether oxygens (including phenoxy) is 1. The maximum atomic E-state index is 11.9. The molecule has 21 heavy (non-hydrogen) atoms. The first-order chi connectivity index (χ1) is 10.0. The molecule has 1 aromatic carbocycles. The SMILES string of the molecule is COCCCN(CCC(=O)Nc1cccc(Br)c1)C(C)=O. The third-order valence-corrected chi connectivity index (χ3v) is 3.43. The molecule has 1 N–H and O–H groups in total. The maximum absolute atomic E-state index is 11.9. The first-order valence-corrected chi connectivity index (χ1v) is 7.62. The van der Waals surface area contributed by atoms with Crippen LogP contribution in [0.15, 0.2) is 28.7 Å². The van der Waals surface area contributed by atoms with Crippen molar-refractivity contribution in [2.75, 3.05) is 32.1 Å². The first kappa shape index (κ1) is 17.7. The number of hydrogen-bond donors (Lipinski definition) is 1. The fourth-order valence-electron chi connectivity index (χ4n) is 1.85. The van der Waals surface area contributed by atoms with Gasteiger partial charge in [-0.2, -0.15) is 0 Å². The van der Waals surface area contributed by atoms with Crippen molar-refractivity contribution in [1.82, 2.24) is 4.90 Å². The van der Waals surface area contributed by atoms with E-state index in [2.05, 4.69) is 21.2 Å². The molecule has 116 valence electrons. The van der Waals surface area contributed by atoms with E-state index in [9.17, 15) is 9.59 Å². The second-order valence-corrected chi connectivity index (χ2v) is 5.58. The van der Waals surface area contributed by atoms with E-state index in [1.165, 1.54) is 6.92 Å². The van der Waals surface area contributed by atoms with Crippen molar-refractivity contribution in [3.63, 3.8) is 0 Å². The van der Waals surface area contributed by atoms with Crippen LogP contribution < -0.4 is 5.32 Å². The molecule has 0 heterocycles. The quantitative estimate of drug-likeness (QED) is 0.728. The van der Waals surface area contributed by atoms with Crippen LogP contribution >= 0.6 is 15.9 Å². The molecule has 0 bridgehead atoms. The van der Waals surface area contributed by atoms with Gasteiger partial charge in [-0.05, 0) is 24.6 Å². The van der Waals surface area contributed by atoms with E-state index in [1.54, 1.807) is 12.0 Å². The average Bonchev–Trinajstić information content (AvgIpc) is 2.42. The van der Waals surface area contributed by atoms with E-state index in [4.69, 9.17) is 4.74 Å². The molecule has 0 radical (unpaired) electrons. The molecule has 0 saturated carbocycles. The molecule has 0 spiro atoms. The summed E-state index contributed by atoms with van der Waals surface area (Å²) in [5.74, 6) is -0.132. The Kier molecular flexibility index (Phi) is 8.00. The number of carbonyl (C=O) groups excluding carboxylic acids is 2. The third kappa shape index (κ3) is 7.24. The minimum Gasteiger partial charge on any atom is -0.385 e. The van der Waals surface area contributed by atoms with Crippen molar-refractivity contribution >= 4 is 33.4 Å². The third-order valence-electron chi connectivity index (χ3n) is 2.94. The molecule has 0 atom stereocenters. The Morgan fingerprint density at radius 2 is 2.10 bits per heavy atom. The van der Waals surface area contributed by atoms with E-state index < -0.39 is 0 Å². The number of amides is 2. The highest BCUT2D eigenvalue weighted by atomic mass is 79.9. The predicted molar refractivity (Wildman–Crippen MR) is 86.1 cm³/mol. The van der Waals surface area contributed by atoms with Crippen LogP contribution in [0.4, 0.5) is 5.69 Å². The van der Waals surface area contributed by atoms with Gasteiger partial charge >= 0.3 is 0 Å². The Bertz CT molecular complexity index is 480. The molecule has 6 heteroatoms. The highest BCUT2D eigenvalue weighted by molar-refractivity contribution is 9.10. The lowest BCUT2D eigenvalue weighted by atomic mass is 10.3. The molecule has 0 aromatic heterocycles. The molecule has 2 amide bonds. The Morgan fingerprint density at radius 3 is 2.71 bits per heavy atom. The van der Waals surface area contributed by atoms with E-state index in [1.807, 2.05) is 24.3 Å². The second-order valence-electron chi connectivity index (χ2n) is 4.66. The molecule has 0 aliphatic rings. The molecular weight excluding hydrogens is 336 g/mol. The minimum atomic E-state index is -0.105. The molecular formula is C15H21BrN2O3. The Hall–Kier alpha value is -1.40. The highest BCUT2D eigenvalue weighted by Crippen LogP contribution is 2.15. The van der Waals surface area contributed by atoms with Crippen molar-refractivity contribution in [3.8, 4) is 0 Å². The van der Waals surface area contributed by atoms with Crippen LogP contribution in [0, 0.1) is 0 Å². The van der Waals surface area contributed by atoms with Crippen LogP contribution in [0.5, 0.6) is 0 Å². The van der Waals surface area contributed by atoms with Gasteiger partial charge in [0, 0.05) is 50.3 Å². The average molecular weight is 357 g/mol. The van der Waals surface area contributed by atoms with Crippen LogP contribution in [0.2, 0.25) is 0 Å². The summed E-state index contributed by atoms with van der Waals surface area (Å²) in [4.78, 5) is 25.1. The summed E-state index contributed by atoms with van der Waals surface area (Å²) >= 11 is 3.35. The molecule has 1 rings (SSSR count). The largest absolute Gasteiger partial charge is 0.385 e. The number of anilines is 1. The Balaban J connectivity index is 2.40. The zero-order valence-electron chi connectivity index (χ0n) is 12.4. The van der Waals surface area contributed by atoms with Gasteiger partial charge in [-0.15, -0.1) is 0 Å². The van der Waals surface area contributed by atoms with Gasteiger partial charge in [-0.1, -0.05) is 22.0 Å². The van der Waals surface area contributed by atoms with Gasteiger partial charge in [-0.3, -0.25) is 9.59 Å². The highest BCUT2D eigenvalue weighted by Gasteiger charge is 2.11. The van der Waals surface area contributed by atoms with Crippen molar-refractivity contribution < 1.29 is 14.3 Å². The lowest BCUT2D eigenvalue weighted by Gasteiger charge is -2.20. The number of nitrogens with zero attached hydrogens (tertiary/aromatic N) is 1. The zero-order valence-corrected chi connectivity index (χ0v) is 14.0. The molecule has 0 saturated heterocycles. The Labute approximate surface area is 133 Å². The van der Waals surface area contributed by atoms with Gasteiger partial charge in [0.05, 0.1) is 0 Å². The van der Waals surface area contributed by atoms with Crippen LogP contribution in [-0.4, -0.2) is 43.5 Å². The minimum absolute atomic E-state index is 0.0265. The van der Waals surface area contributed by atoms with Gasteiger partial charge in [0.1, 0.15) is 0 Å². The number of methoxy groups -OCH3 is 1. The van der Waals surface area contributed by atoms with E-state index in [0.29, 0.717) is 19.7 Å². The number of hydrogen-bond acceptors (Lipinski definition) is 3. The fourth-order valence-corrected chi connectivity index (χ4v) is 2.25. The predicted octanol–water partition coefficient (Wildman–Crippen LogP) is 2.66. The summed E-state index contributed by atoms with van der Waals surface area (Å²) in [6.07, 6.45) is 1.04. The fraction of sp³-hybridized carbons (Fsp3) is 0.467. The van der Waals surface area contributed by atoms with Gasteiger partial charge in [0.2, 0.25) is 11.8 Å². The number of benzene rings is 1. The summed E-state index contributed by atoms with van der Waals surface area (Å²) in [6, 6.07) is 7.40. The molecule has 5 nitrogen and oxygen atoms in total. The molecule has 1 aromatic rings. The second kappa shape index (κ2) is 9.52. The summed E-state index contributed by atoms with van der Waals surface area (Å²) in [5, 5.41) is 2.81. The first-order valence-electron chi connectivity index (χ1n) is 6.83. The van der Waals surface area contributed by atoms with Crippen LogP contribution in [0.25, 0.3) is 0 Å². The summed E-state index contributed by atoms with van der Waals surface area (Å²) < 4.78 is 5.87. The van der Waals surface area contributed by atoms with Crippen LogP contribution in [0.1, 0.15) is 19.8 Å². The van der Waals surface area contributed by atoms with E-state index in [-0.39, 0.29) is 18.2 Å². The molecule has 0 aliphatic heterocycles. The van der Waals surface area contributed by atoms with Gasteiger partial charge in [-0.25, -0.2) is 0 Å². The smallest absolute Gasteiger partial charge is 0.226 e. The lowest BCUT2D eigenvalue weighted by Crippen LogP contribution is -2.33. The number of carbonyl (C=O) groups is 2. The Morgan fingerprint density at radius 1 is 1.33 bits per heavy atom.